The van der Waals surface area contributed by atoms with Gasteiger partial charge >= 0.3 is 0 Å². The quantitative estimate of drug-likeness (QED) is 0.425. The third-order valence-electron chi connectivity index (χ3n) is 6.24. The molecule has 0 aliphatic carbocycles. The first-order valence-electron chi connectivity index (χ1n) is 12.0. The van der Waals surface area contributed by atoms with E-state index in [1.54, 1.807) is 48.5 Å². The van der Waals surface area contributed by atoms with Crippen LogP contribution in [0.25, 0.3) is 10.8 Å². The van der Waals surface area contributed by atoms with E-state index in [9.17, 15) is 19.2 Å². The number of nitrogens with zero attached hydrogens (tertiary/aromatic N) is 3. The zero-order valence-corrected chi connectivity index (χ0v) is 20.0. The van der Waals surface area contributed by atoms with E-state index in [0.29, 0.717) is 29.4 Å². The van der Waals surface area contributed by atoms with E-state index in [-0.39, 0.29) is 42.7 Å². The normalized spacial score (nSPS) is 13.3. The van der Waals surface area contributed by atoms with Crippen LogP contribution in [-0.2, 0) is 17.9 Å². The molecular weight excluding hydrogens is 470 g/mol. The first-order chi connectivity index (χ1) is 18.0. The Balaban J connectivity index is 1.32. The molecule has 1 aromatic heterocycles. The van der Waals surface area contributed by atoms with Crippen molar-refractivity contribution in [1.82, 2.24) is 25.3 Å². The Hall–Kier alpha value is -4.79. The Morgan fingerprint density at radius 2 is 1.57 bits per heavy atom. The fourth-order valence-corrected chi connectivity index (χ4v) is 4.29. The second-order valence-corrected chi connectivity index (χ2v) is 8.80. The predicted molar refractivity (Wildman–Crippen MR) is 138 cm³/mol. The lowest BCUT2D eigenvalue weighted by Crippen LogP contribution is -2.49. The van der Waals surface area contributed by atoms with Crippen molar-refractivity contribution < 1.29 is 14.4 Å². The number of carbonyl (C=O) groups is 3. The van der Waals surface area contributed by atoms with Gasteiger partial charge in [-0.05, 0) is 29.3 Å². The molecule has 3 amide bonds. The maximum absolute atomic E-state index is 13.2. The lowest BCUT2D eigenvalue weighted by atomic mass is 10.1. The summed E-state index contributed by atoms with van der Waals surface area (Å²) in [5, 5.41) is 10.9. The first kappa shape index (κ1) is 23.9. The van der Waals surface area contributed by atoms with Gasteiger partial charge in [-0.3, -0.25) is 19.2 Å². The molecule has 1 aliphatic rings. The second kappa shape index (κ2) is 10.4. The van der Waals surface area contributed by atoms with E-state index in [2.05, 4.69) is 15.7 Å². The highest BCUT2D eigenvalue weighted by atomic mass is 16.2. The van der Waals surface area contributed by atoms with Crippen LogP contribution in [0.1, 0.15) is 32.0 Å². The molecule has 5 rings (SSSR count). The molecule has 0 atom stereocenters. The third kappa shape index (κ3) is 5.25. The zero-order chi connectivity index (χ0) is 25.8. The number of rotatable bonds is 6. The molecule has 3 aromatic carbocycles. The fourth-order valence-electron chi connectivity index (χ4n) is 4.29. The summed E-state index contributed by atoms with van der Waals surface area (Å²) >= 11 is 0. The van der Waals surface area contributed by atoms with Crippen molar-refractivity contribution in [1.29, 1.82) is 0 Å². The van der Waals surface area contributed by atoms with E-state index in [0.717, 1.165) is 11.1 Å². The monoisotopic (exact) mass is 495 g/mol. The number of nitrogens with one attached hydrogen (secondary N) is 2. The molecule has 9 nitrogen and oxygen atoms in total. The van der Waals surface area contributed by atoms with Gasteiger partial charge < -0.3 is 15.5 Å². The van der Waals surface area contributed by atoms with Crippen LogP contribution < -0.4 is 16.2 Å². The summed E-state index contributed by atoms with van der Waals surface area (Å²) in [6, 6.07) is 23.3. The molecule has 0 unspecified atom stereocenters. The lowest BCUT2D eigenvalue weighted by molar-refractivity contribution is -0.123. The van der Waals surface area contributed by atoms with Gasteiger partial charge in [-0.1, -0.05) is 60.7 Å². The average Bonchev–Trinajstić information content (AvgIpc) is 2.94. The van der Waals surface area contributed by atoms with Crippen LogP contribution in [-0.4, -0.2) is 52.0 Å². The lowest BCUT2D eigenvalue weighted by Gasteiger charge is -2.26. The molecule has 186 valence electrons. The van der Waals surface area contributed by atoms with Crippen molar-refractivity contribution >= 4 is 28.5 Å². The highest BCUT2D eigenvalue weighted by Crippen LogP contribution is 2.15. The van der Waals surface area contributed by atoms with Gasteiger partial charge in [0, 0.05) is 30.6 Å². The van der Waals surface area contributed by atoms with Gasteiger partial charge in [0.1, 0.15) is 0 Å². The SMILES string of the molecule is O=C1CN(C(=O)c2ccc(CNC(=O)c3nn(Cc4ccccc4)c(=O)c4ccccc34)cc2)CCN1. The molecule has 1 fully saturated rings. The topological polar surface area (TPSA) is 113 Å². The Labute approximate surface area is 212 Å². The molecule has 0 radical (unpaired) electrons. The summed E-state index contributed by atoms with van der Waals surface area (Å²) in [6.45, 7) is 1.42. The van der Waals surface area contributed by atoms with Gasteiger partial charge in [-0.2, -0.15) is 5.10 Å². The van der Waals surface area contributed by atoms with Crippen molar-refractivity contribution in [3.8, 4) is 0 Å². The van der Waals surface area contributed by atoms with Crippen molar-refractivity contribution in [2.75, 3.05) is 19.6 Å². The van der Waals surface area contributed by atoms with Gasteiger partial charge in [-0.25, -0.2) is 4.68 Å². The number of benzene rings is 3. The van der Waals surface area contributed by atoms with E-state index in [4.69, 9.17) is 0 Å². The maximum atomic E-state index is 13.2. The number of carbonyl (C=O) groups excluding carboxylic acids is 3. The molecule has 0 saturated carbocycles. The third-order valence-corrected chi connectivity index (χ3v) is 6.24. The summed E-state index contributed by atoms with van der Waals surface area (Å²) in [6.07, 6.45) is 0. The van der Waals surface area contributed by atoms with Crippen molar-refractivity contribution in [2.24, 2.45) is 0 Å². The molecule has 4 aromatic rings. The van der Waals surface area contributed by atoms with Crippen LogP contribution in [0.5, 0.6) is 0 Å². The Morgan fingerprint density at radius 1 is 0.865 bits per heavy atom. The molecule has 2 heterocycles. The van der Waals surface area contributed by atoms with Gasteiger partial charge in [0.25, 0.3) is 17.4 Å². The van der Waals surface area contributed by atoms with Crippen LogP contribution in [0.15, 0.2) is 83.7 Å². The largest absolute Gasteiger partial charge is 0.353 e. The van der Waals surface area contributed by atoms with Crippen LogP contribution in [0.3, 0.4) is 0 Å². The Bertz CT molecular complexity index is 1530. The number of hydrogen-bond donors (Lipinski definition) is 2. The fraction of sp³-hybridized carbons (Fsp3) is 0.179. The molecule has 2 N–H and O–H groups in total. The molecule has 1 aliphatic heterocycles. The Morgan fingerprint density at radius 3 is 2.30 bits per heavy atom. The standard InChI is InChI=1S/C28H25N5O4/c34-24-18-32(15-14-29-24)27(36)21-12-10-19(11-13-21)16-30-26(35)25-22-8-4-5-9-23(22)28(37)33(31-25)17-20-6-2-1-3-7-20/h1-13H,14-18H2,(H,29,34)(H,30,35). The van der Waals surface area contributed by atoms with Crippen LogP contribution in [0.4, 0.5) is 0 Å². The molecule has 1 saturated heterocycles. The van der Waals surface area contributed by atoms with Crippen molar-refractivity contribution in [2.45, 2.75) is 13.1 Å². The minimum absolute atomic E-state index is 0.0457. The molecular formula is C28H25N5O4. The molecule has 37 heavy (non-hydrogen) atoms. The number of amides is 3. The number of fused-ring (bicyclic) bond motifs is 1. The second-order valence-electron chi connectivity index (χ2n) is 8.80. The Kier molecular flexibility index (Phi) is 6.76. The first-order valence-corrected chi connectivity index (χ1v) is 12.0. The van der Waals surface area contributed by atoms with Gasteiger partial charge in [-0.15, -0.1) is 0 Å². The summed E-state index contributed by atoms with van der Waals surface area (Å²) in [5.41, 5.74) is 2.08. The molecule has 0 bridgehead atoms. The van der Waals surface area contributed by atoms with Gasteiger partial charge in [0.15, 0.2) is 5.69 Å². The minimum Gasteiger partial charge on any atom is -0.353 e. The van der Waals surface area contributed by atoms with E-state index in [1.165, 1.54) is 9.58 Å². The minimum atomic E-state index is -0.405. The summed E-state index contributed by atoms with van der Waals surface area (Å²) < 4.78 is 1.31. The van der Waals surface area contributed by atoms with E-state index < -0.39 is 5.91 Å². The smallest absolute Gasteiger partial charge is 0.274 e. The number of aromatic nitrogens is 2. The van der Waals surface area contributed by atoms with E-state index >= 15 is 0 Å². The molecule has 9 heteroatoms. The summed E-state index contributed by atoms with van der Waals surface area (Å²) in [5.74, 6) is -0.783. The van der Waals surface area contributed by atoms with Gasteiger partial charge in [0.05, 0.1) is 18.5 Å². The van der Waals surface area contributed by atoms with Crippen molar-refractivity contribution in [3.05, 3.63) is 112 Å². The highest BCUT2D eigenvalue weighted by Gasteiger charge is 2.22. The number of hydrogen-bond acceptors (Lipinski definition) is 5. The molecule has 0 spiro atoms. The van der Waals surface area contributed by atoms with Gasteiger partial charge in [0.2, 0.25) is 5.91 Å². The van der Waals surface area contributed by atoms with Crippen molar-refractivity contribution in [3.63, 3.8) is 0 Å². The maximum Gasteiger partial charge on any atom is 0.274 e. The van der Waals surface area contributed by atoms with Crippen LogP contribution in [0.2, 0.25) is 0 Å². The predicted octanol–water partition coefficient (Wildman–Crippen LogP) is 1.95. The number of piperazine rings is 1. The van der Waals surface area contributed by atoms with E-state index in [1.807, 2.05) is 30.3 Å². The summed E-state index contributed by atoms with van der Waals surface area (Å²) in [4.78, 5) is 51.9. The van der Waals surface area contributed by atoms with Crippen LogP contribution in [0, 0.1) is 0 Å². The highest BCUT2D eigenvalue weighted by molar-refractivity contribution is 6.04. The van der Waals surface area contributed by atoms with Crippen LogP contribution >= 0.6 is 0 Å². The zero-order valence-electron chi connectivity index (χ0n) is 20.0. The summed E-state index contributed by atoms with van der Waals surface area (Å²) in [7, 11) is 0. The average molecular weight is 496 g/mol.